The standard InChI is InChI=1S/C21H25F3N2O2S/c1-2-3-5-17-8-10-20(11-9-17)29(27,28)26-14-12-25(13-15-26)19-7-4-6-18(16-19)21(22,23)24/h4,6-11,16H,2-3,5,12-15H2,1H3. The molecule has 1 saturated heterocycles. The molecule has 1 aliphatic rings. The van der Waals surface area contributed by atoms with Gasteiger partial charge in [0.25, 0.3) is 0 Å². The maximum atomic E-state index is 12.9. The van der Waals surface area contributed by atoms with Gasteiger partial charge in [0.1, 0.15) is 0 Å². The smallest absolute Gasteiger partial charge is 0.369 e. The van der Waals surface area contributed by atoms with E-state index in [1.807, 2.05) is 12.1 Å². The van der Waals surface area contributed by atoms with Crippen LogP contribution in [0.15, 0.2) is 53.4 Å². The van der Waals surface area contributed by atoms with Crippen LogP contribution in [-0.2, 0) is 22.6 Å². The number of nitrogens with zero attached hydrogens (tertiary/aromatic N) is 2. The zero-order chi connectivity index (χ0) is 21.1. The summed E-state index contributed by atoms with van der Waals surface area (Å²) in [4.78, 5) is 2.04. The summed E-state index contributed by atoms with van der Waals surface area (Å²) in [6.45, 7) is 3.26. The molecular formula is C21H25F3N2O2S. The molecule has 29 heavy (non-hydrogen) atoms. The maximum Gasteiger partial charge on any atom is 0.416 e. The van der Waals surface area contributed by atoms with Crippen molar-refractivity contribution >= 4 is 15.7 Å². The van der Waals surface area contributed by atoms with Crippen molar-refractivity contribution in [1.82, 2.24) is 4.31 Å². The fraction of sp³-hybridized carbons (Fsp3) is 0.429. The lowest BCUT2D eigenvalue weighted by molar-refractivity contribution is -0.137. The lowest BCUT2D eigenvalue weighted by Gasteiger charge is -2.35. The Bertz CT molecular complexity index is 920. The first kappa shape index (κ1) is 21.6. The lowest BCUT2D eigenvalue weighted by atomic mass is 10.1. The average Bonchev–Trinajstić information content (AvgIpc) is 2.72. The molecule has 3 rings (SSSR count). The molecule has 8 heteroatoms. The van der Waals surface area contributed by atoms with E-state index in [2.05, 4.69) is 6.92 Å². The van der Waals surface area contributed by atoms with Gasteiger partial charge in [0.2, 0.25) is 10.0 Å². The molecule has 0 radical (unpaired) electrons. The first-order chi connectivity index (χ1) is 13.7. The second kappa shape index (κ2) is 8.75. The number of unbranched alkanes of at least 4 members (excludes halogenated alkanes) is 1. The Labute approximate surface area is 170 Å². The number of sulfonamides is 1. The molecule has 2 aromatic carbocycles. The van der Waals surface area contributed by atoms with Crippen molar-refractivity contribution in [3.8, 4) is 0 Å². The molecule has 0 N–H and O–H groups in total. The second-order valence-electron chi connectivity index (χ2n) is 7.19. The van der Waals surface area contributed by atoms with Crippen LogP contribution in [0.1, 0.15) is 30.9 Å². The first-order valence-corrected chi connectivity index (χ1v) is 11.2. The molecule has 1 fully saturated rings. The summed E-state index contributed by atoms with van der Waals surface area (Å²) >= 11 is 0. The van der Waals surface area contributed by atoms with Crippen molar-refractivity contribution in [3.63, 3.8) is 0 Å². The highest BCUT2D eigenvalue weighted by molar-refractivity contribution is 7.89. The number of anilines is 1. The van der Waals surface area contributed by atoms with E-state index in [-0.39, 0.29) is 18.0 Å². The summed E-state index contributed by atoms with van der Waals surface area (Å²) < 4.78 is 66.0. The van der Waals surface area contributed by atoms with Crippen LogP contribution in [0.5, 0.6) is 0 Å². The molecule has 0 unspecified atom stereocenters. The minimum atomic E-state index is -4.40. The number of piperazine rings is 1. The van der Waals surface area contributed by atoms with Crippen molar-refractivity contribution in [2.45, 2.75) is 37.3 Å². The van der Waals surface area contributed by atoms with Gasteiger partial charge in [0, 0.05) is 31.9 Å². The van der Waals surface area contributed by atoms with Gasteiger partial charge < -0.3 is 4.90 Å². The average molecular weight is 427 g/mol. The highest BCUT2D eigenvalue weighted by Crippen LogP contribution is 2.32. The van der Waals surface area contributed by atoms with Gasteiger partial charge in [-0.05, 0) is 48.7 Å². The van der Waals surface area contributed by atoms with E-state index >= 15 is 0 Å². The second-order valence-corrected chi connectivity index (χ2v) is 9.12. The largest absolute Gasteiger partial charge is 0.416 e. The Morgan fingerprint density at radius 1 is 0.966 bits per heavy atom. The van der Waals surface area contributed by atoms with Crippen LogP contribution in [0.25, 0.3) is 0 Å². The van der Waals surface area contributed by atoms with Gasteiger partial charge in [-0.1, -0.05) is 31.5 Å². The number of benzene rings is 2. The fourth-order valence-electron chi connectivity index (χ4n) is 3.42. The van der Waals surface area contributed by atoms with Gasteiger partial charge >= 0.3 is 6.18 Å². The number of rotatable bonds is 6. The molecule has 1 aliphatic heterocycles. The molecule has 0 bridgehead atoms. The third-order valence-electron chi connectivity index (χ3n) is 5.16. The predicted molar refractivity (Wildman–Crippen MR) is 107 cm³/mol. The van der Waals surface area contributed by atoms with Crippen molar-refractivity contribution in [2.75, 3.05) is 31.1 Å². The third kappa shape index (κ3) is 5.11. The summed E-state index contributed by atoms with van der Waals surface area (Å²) in [6, 6.07) is 12.1. The van der Waals surface area contributed by atoms with Gasteiger partial charge in [-0.3, -0.25) is 0 Å². The Morgan fingerprint density at radius 3 is 2.21 bits per heavy atom. The zero-order valence-electron chi connectivity index (χ0n) is 16.3. The Hall–Kier alpha value is -2.06. The van der Waals surface area contributed by atoms with Crippen LogP contribution >= 0.6 is 0 Å². The molecule has 0 atom stereocenters. The SMILES string of the molecule is CCCCc1ccc(S(=O)(=O)N2CCN(c3cccc(C(F)(F)F)c3)CC2)cc1. The lowest BCUT2D eigenvalue weighted by Crippen LogP contribution is -2.48. The predicted octanol–water partition coefficient (Wildman–Crippen LogP) is 4.56. The number of hydrogen-bond acceptors (Lipinski definition) is 3. The maximum absolute atomic E-state index is 12.9. The van der Waals surface area contributed by atoms with E-state index in [0.717, 1.165) is 37.0 Å². The molecule has 1 heterocycles. The topological polar surface area (TPSA) is 40.6 Å². The Morgan fingerprint density at radius 2 is 1.62 bits per heavy atom. The molecule has 0 aromatic heterocycles. The Kier molecular flexibility index (Phi) is 6.53. The first-order valence-electron chi connectivity index (χ1n) is 9.73. The van der Waals surface area contributed by atoms with Crippen molar-refractivity contribution in [2.24, 2.45) is 0 Å². The number of halogens is 3. The van der Waals surface area contributed by atoms with Crippen LogP contribution in [0.4, 0.5) is 18.9 Å². The highest BCUT2D eigenvalue weighted by atomic mass is 32.2. The van der Waals surface area contributed by atoms with Gasteiger partial charge in [0.15, 0.2) is 0 Å². The molecule has 2 aromatic rings. The summed E-state index contributed by atoms with van der Waals surface area (Å²) in [5, 5.41) is 0. The zero-order valence-corrected chi connectivity index (χ0v) is 17.1. The fourth-order valence-corrected chi connectivity index (χ4v) is 4.85. The van der Waals surface area contributed by atoms with Gasteiger partial charge in [-0.25, -0.2) is 8.42 Å². The van der Waals surface area contributed by atoms with Crippen molar-refractivity contribution in [3.05, 3.63) is 59.7 Å². The number of aryl methyl sites for hydroxylation is 1. The van der Waals surface area contributed by atoms with E-state index in [4.69, 9.17) is 0 Å². The van der Waals surface area contributed by atoms with E-state index in [0.29, 0.717) is 18.8 Å². The summed E-state index contributed by atoms with van der Waals surface area (Å²) in [7, 11) is -3.61. The van der Waals surface area contributed by atoms with E-state index in [9.17, 15) is 21.6 Å². The quantitative estimate of drug-likeness (QED) is 0.680. The Balaban J connectivity index is 1.67. The van der Waals surface area contributed by atoms with Crippen molar-refractivity contribution in [1.29, 1.82) is 0 Å². The van der Waals surface area contributed by atoms with E-state index in [1.165, 1.54) is 10.4 Å². The van der Waals surface area contributed by atoms with Gasteiger partial charge in [0.05, 0.1) is 10.5 Å². The molecular weight excluding hydrogens is 401 g/mol. The molecule has 158 valence electrons. The minimum absolute atomic E-state index is 0.232. The molecule has 0 aliphatic carbocycles. The molecule has 0 amide bonds. The van der Waals surface area contributed by atoms with Gasteiger partial charge in [-0.2, -0.15) is 17.5 Å². The van der Waals surface area contributed by atoms with Crippen LogP contribution in [-0.4, -0.2) is 38.9 Å². The highest BCUT2D eigenvalue weighted by Gasteiger charge is 2.32. The summed E-state index contributed by atoms with van der Waals surface area (Å²) in [5.41, 5.74) is 0.866. The minimum Gasteiger partial charge on any atom is -0.369 e. The number of alkyl halides is 3. The van der Waals surface area contributed by atoms with Crippen LogP contribution in [0.2, 0.25) is 0 Å². The monoisotopic (exact) mass is 426 g/mol. The van der Waals surface area contributed by atoms with E-state index < -0.39 is 21.8 Å². The molecule has 0 saturated carbocycles. The van der Waals surface area contributed by atoms with Crippen molar-refractivity contribution < 1.29 is 21.6 Å². The normalized spacial score (nSPS) is 16.2. The summed E-state index contributed by atoms with van der Waals surface area (Å²) in [6.07, 6.45) is -1.34. The van der Waals surface area contributed by atoms with Crippen LogP contribution in [0, 0.1) is 0 Å². The van der Waals surface area contributed by atoms with E-state index in [1.54, 1.807) is 23.1 Å². The molecule has 0 spiro atoms. The van der Waals surface area contributed by atoms with Crippen LogP contribution < -0.4 is 4.90 Å². The van der Waals surface area contributed by atoms with Crippen LogP contribution in [0.3, 0.4) is 0 Å². The third-order valence-corrected chi connectivity index (χ3v) is 7.07. The molecule has 4 nitrogen and oxygen atoms in total. The number of hydrogen-bond donors (Lipinski definition) is 0. The summed E-state index contributed by atoms with van der Waals surface area (Å²) in [5.74, 6) is 0. The van der Waals surface area contributed by atoms with Gasteiger partial charge in [-0.15, -0.1) is 0 Å².